The molecule has 1 amide bonds. The Morgan fingerprint density at radius 3 is 2.31 bits per heavy atom. The highest BCUT2D eigenvalue weighted by Gasteiger charge is 2.34. The second-order valence-corrected chi connectivity index (χ2v) is 12.5. The number of carbonyl (C=O) groups is 1. The lowest BCUT2D eigenvalue weighted by atomic mass is 10.1. The van der Waals surface area contributed by atoms with Gasteiger partial charge in [-0.05, 0) is 61.0 Å². The molecule has 186 valence electrons. The molecule has 2 aromatic carbocycles. The first-order chi connectivity index (χ1) is 16.4. The van der Waals surface area contributed by atoms with E-state index in [2.05, 4.69) is 10.3 Å². The zero-order valence-corrected chi connectivity index (χ0v) is 20.8. The molecule has 0 bridgehead atoms. The minimum Gasteiger partial charge on any atom is -0.352 e. The van der Waals surface area contributed by atoms with Crippen LogP contribution in [0.1, 0.15) is 33.3 Å². The topological polar surface area (TPSA) is 110 Å². The molecule has 3 rings (SSSR count). The van der Waals surface area contributed by atoms with Crippen molar-refractivity contribution >= 4 is 37.2 Å². The van der Waals surface area contributed by atoms with E-state index in [1.165, 1.54) is 36.4 Å². The zero-order chi connectivity index (χ0) is 25.8. The van der Waals surface area contributed by atoms with Crippen molar-refractivity contribution in [1.29, 1.82) is 0 Å². The predicted molar refractivity (Wildman–Crippen MR) is 128 cm³/mol. The first-order valence-electron chi connectivity index (χ1n) is 10.2. The number of rotatable bonds is 9. The van der Waals surface area contributed by atoms with Crippen LogP contribution in [0.15, 0.2) is 65.7 Å². The van der Waals surface area contributed by atoms with Crippen molar-refractivity contribution in [3.05, 3.63) is 94.3 Å². The van der Waals surface area contributed by atoms with Crippen molar-refractivity contribution in [1.82, 2.24) is 10.3 Å². The number of amides is 1. The fourth-order valence-electron chi connectivity index (χ4n) is 3.29. The van der Waals surface area contributed by atoms with Gasteiger partial charge in [0.1, 0.15) is 26.7 Å². The van der Waals surface area contributed by atoms with E-state index in [0.29, 0.717) is 5.02 Å². The molecule has 1 unspecified atom stereocenters. The lowest BCUT2D eigenvalue weighted by molar-refractivity contribution is 0.0953. The number of sulfone groups is 2. The van der Waals surface area contributed by atoms with E-state index in [-0.39, 0.29) is 34.9 Å². The smallest absolute Gasteiger partial charge is 0.252 e. The van der Waals surface area contributed by atoms with Crippen LogP contribution in [0.5, 0.6) is 0 Å². The maximum absolute atomic E-state index is 14.7. The Morgan fingerprint density at radius 1 is 1.03 bits per heavy atom. The van der Waals surface area contributed by atoms with Crippen LogP contribution in [0.25, 0.3) is 0 Å². The molecule has 0 saturated carbocycles. The molecular weight excluding hydrogens is 522 g/mol. The summed E-state index contributed by atoms with van der Waals surface area (Å²) in [6, 6.07) is 10.3. The van der Waals surface area contributed by atoms with Gasteiger partial charge in [-0.3, -0.25) is 9.78 Å². The Labute approximate surface area is 207 Å². The molecule has 0 aliphatic heterocycles. The summed E-state index contributed by atoms with van der Waals surface area (Å²) in [5.41, 5.74) is -0.487. The molecule has 35 heavy (non-hydrogen) atoms. The molecule has 0 aliphatic rings. The normalized spacial score (nSPS) is 12.8. The zero-order valence-electron chi connectivity index (χ0n) is 18.4. The van der Waals surface area contributed by atoms with Crippen LogP contribution in [0, 0.1) is 11.6 Å². The highest BCUT2D eigenvalue weighted by Crippen LogP contribution is 2.36. The van der Waals surface area contributed by atoms with E-state index in [4.69, 9.17) is 11.6 Å². The summed E-state index contributed by atoms with van der Waals surface area (Å²) in [5.74, 6) is -2.41. The minimum absolute atomic E-state index is 0.0791. The Hall–Kier alpha value is -2.89. The van der Waals surface area contributed by atoms with Gasteiger partial charge >= 0.3 is 0 Å². The van der Waals surface area contributed by atoms with E-state index in [1.807, 2.05) is 0 Å². The van der Waals surface area contributed by atoms with E-state index < -0.39 is 48.0 Å². The highest BCUT2D eigenvalue weighted by molar-refractivity contribution is 7.92. The monoisotopic (exact) mass is 542 g/mol. The lowest BCUT2D eigenvalue weighted by Crippen LogP contribution is -2.26. The van der Waals surface area contributed by atoms with Crippen LogP contribution >= 0.6 is 11.6 Å². The van der Waals surface area contributed by atoms with Crippen LogP contribution in [0.4, 0.5) is 8.78 Å². The summed E-state index contributed by atoms with van der Waals surface area (Å²) in [5, 5.41) is 1.14. The summed E-state index contributed by atoms with van der Waals surface area (Å²) in [4.78, 5) is 16.2. The van der Waals surface area contributed by atoms with Crippen molar-refractivity contribution < 1.29 is 30.4 Å². The van der Waals surface area contributed by atoms with E-state index in [1.54, 1.807) is 0 Å². The molecule has 12 heteroatoms. The van der Waals surface area contributed by atoms with Crippen LogP contribution < -0.4 is 5.32 Å². The summed E-state index contributed by atoms with van der Waals surface area (Å²) < 4.78 is 78.0. The van der Waals surface area contributed by atoms with Gasteiger partial charge in [-0.15, -0.1) is 0 Å². The van der Waals surface area contributed by atoms with Crippen LogP contribution in [0.2, 0.25) is 5.02 Å². The number of hydrogen-bond donors (Lipinski definition) is 1. The summed E-state index contributed by atoms with van der Waals surface area (Å²) in [6.45, 7) is 0.107. The molecule has 0 saturated heterocycles. The first-order valence-corrected chi connectivity index (χ1v) is 14.2. The van der Waals surface area contributed by atoms with Gasteiger partial charge in [0.25, 0.3) is 5.91 Å². The van der Waals surface area contributed by atoms with Gasteiger partial charge < -0.3 is 5.32 Å². The lowest BCUT2D eigenvalue weighted by Gasteiger charge is -2.19. The maximum Gasteiger partial charge on any atom is 0.252 e. The second kappa shape index (κ2) is 10.8. The standard InChI is InChI=1S/C23H21ClF2N2O5S2/c1-34(30,31)12-2-11-27-23(29)15-3-10-21(28-14-15)22(19-13-17(25)6-9-20(19)26)35(32,33)18-7-4-16(24)5-8-18/h3-10,13-14,22H,2,11-12H2,1H3,(H,27,29). The van der Waals surface area contributed by atoms with E-state index in [0.717, 1.165) is 30.7 Å². The van der Waals surface area contributed by atoms with Gasteiger partial charge in [0.2, 0.25) is 0 Å². The van der Waals surface area contributed by atoms with Gasteiger partial charge in [-0.1, -0.05) is 11.6 Å². The van der Waals surface area contributed by atoms with Crippen LogP contribution in [0.3, 0.4) is 0 Å². The number of halogens is 3. The first kappa shape index (κ1) is 26.7. The molecule has 1 heterocycles. The molecule has 1 N–H and O–H groups in total. The molecular formula is C23H21ClF2N2O5S2. The fourth-order valence-corrected chi connectivity index (χ4v) is 5.85. The predicted octanol–water partition coefficient (Wildman–Crippen LogP) is 3.74. The van der Waals surface area contributed by atoms with Gasteiger partial charge in [0.05, 0.1) is 21.9 Å². The SMILES string of the molecule is CS(=O)(=O)CCCNC(=O)c1ccc(C(c2cc(F)ccc2F)S(=O)(=O)c2ccc(Cl)cc2)nc1. The number of aromatic nitrogens is 1. The number of hydrogen-bond acceptors (Lipinski definition) is 6. The minimum atomic E-state index is -4.31. The Balaban J connectivity index is 1.95. The fraction of sp³-hybridized carbons (Fsp3) is 0.217. The third-order valence-corrected chi connectivity index (χ3v) is 8.32. The molecule has 0 fully saturated rings. The largest absolute Gasteiger partial charge is 0.352 e. The maximum atomic E-state index is 14.7. The average Bonchev–Trinajstić information content (AvgIpc) is 2.79. The molecule has 0 aliphatic carbocycles. The number of carbonyl (C=O) groups excluding carboxylic acids is 1. The van der Waals surface area contributed by atoms with Crippen molar-refractivity contribution in [3.8, 4) is 0 Å². The van der Waals surface area contributed by atoms with E-state index >= 15 is 0 Å². The average molecular weight is 543 g/mol. The Bertz CT molecular complexity index is 1430. The third kappa shape index (κ3) is 6.83. The van der Waals surface area contributed by atoms with Crippen LogP contribution in [-0.4, -0.2) is 46.3 Å². The Kier molecular flexibility index (Phi) is 8.24. The van der Waals surface area contributed by atoms with Crippen molar-refractivity contribution in [3.63, 3.8) is 0 Å². The molecule has 1 aromatic heterocycles. The molecule has 0 radical (unpaired) electrons. The van der Waals surface area contributed by atoms with Crippen molar-refractivity contribution in [2.75, 3.05) is 18.6 Å². The molecule has 7 nitrogen and oxygen atoms in total. The summed E-state index contributed by atoms with van der Waals surface area (Å²) in [6.07, 6.45) is 2.42. The van der Waals surface area contributed by atoms with Crippen LogP contribution in [-0.2, 0) is 19.7 Å². The van der Waals surface area contributed by atoms with E-state index in [9.17, 15) is 30.4 Å². The molecule has 3 aromatic rings. The molecule has 0 spiro atoms. The number of nitrogens with zero attached hydrogens (tertiary/aromatic N) is 1. The van der Waals surface area contributed by atoms with Gasteiger partial charge in [0, 0.05) is 29.6 Å². The second-order valence-electron chi connectivity index (χ2n) is 7.76. The Morgan fingerprint density at radius 2 is 1.71 bits per heavy atom. The summed E-state index contributed by atoms with van der Waals surface area (Å²) in [7, 11) is -7.47. The van der Waals surface area contributed by atoms with Gasteiger partial charge in [-0.2, -0.15) is 0 Å². The van der Waals surface area contributed by atoms with Crippen molar-refractivity contribution in [2.45, 2.75) is 16.6 Å². The summed E-state index contributed by atoms with van der Waals surface area (Å²) >= 11 is 5.85. The quantitative estimate of drug-likeness (QED) is 0.412. The number of nitrogens with one attached hydrogen (secondary N) is 1. The van der Waals surface area contributed by atoms with Crippen molar-refractivity contribution in [2.24, 2.45) is 0 Å². The van der Waals surface area contributed by atoms with Gasteiger partial charge in [0.15, 0.2) is 9.84 Å². The third-order valence-electron chi connectivity index (χ3n) is 4.99. The molecule has 1 atom stereocenters. The number of benzene rings is 2. The highest BCUT2D eigenvalue weighted by atomic mass is 35.5. The van der Waals surface area contributed by atoms with Gasteiger partial charge in [-0.25, -0.2) is 25.6 Å². The number of pyridine rings is 1.